The lowest BCUT2D eigenvalue weighted by Crippen LogP contribution is -2.39. The Kier molecular flexibility index (Phi) is 5.80. The Labute approximate surface area is 125 Å². The molecule has 1 saturated heterocycles. The Morgan fingerprint density at radius 1 is 1.50 bits per heavy atom. The van der Waals surface area contributed by atoms with Crippen LogP contribution >= 0.6 is 11.6 Å². The number of halogens is 1. The second-order valence-corrected chi connectivity index (χ2v) is 5.75. The van der Waals surface area contributed by atoms with Crippen LogP contribution in [0.5, 0.6) is 0 Å². The first-order chi connectivity index (χ1) is 9.66. The first-order valence-corrected chi connectivity index (χ1v) is 7.68. The molecule has 1 atom stereocenters. The molecule has 0 unspecified atom stereocenters. The van der Waals surface area contributed by atoms with Crippen molar-refractivity contribution in [3.63, 3.8) is 0 Å². The molecule has 1 aliphatic rings. The summed E-state index contributed by atoms with van der Waals surface area (Å²) in [6.45, 7) is 5.23. The van der Waals surface area contributed by atoms with Gasteiger partial charge < -0.3 is 10.2 Å². The number of hydrogen-bond acceptors (Lipinski definition) is 3. The van der Waals surface area contributed by atoms with E-state index in [1.807, 2.05) is 0 Å². The number of piperidine rings is 1. The van der Waals surface area contributed by atoms with Gasteiger partial charge in [0.2, 0.25) is 0 Å². The molecule has 1 aromatic heterocycles. The Hall–Kier alpha value is -1.13. The zero-order chi connectivity index (χ0) is 14.4. The van der Waals surface area contributed by atoms with Crippen molar-refractivity contribution in [1.29, 1.82) is 0 Å². The average molecular weight is 296 g/mol. The highest BCUT2D eigenvalue weighted by Crippen LogP contribution is 2.16. The highest BCUT2D eigenvalue weighted by molar-refractivity contribution is 6.29. The Morgan fingerprint density at radius 2 is 2.35 bits per heavy atom. The fraction of sp³-hybridized carbons (Fsp3) is 0.600. The van der Waals surface area contributed by atoms with Crippen molar-refractivity contribution in [2.24, 2.45) is 0 Å². The molecule has 0 aromatic carbocycles. The minimum atomic E-state index is -0.0825. The van der Waals surface area contributed by atoms with Gasteiger partial charge in [0.15, 0.2) is 0 Å². The molecule has 0 bridgehead atoms. The maximum atomic E-state index is 11.9. The van der Waals surface area contributed by atoms with Gasteiger partial charge in [0.1, 0.15) is 5.15 Å². The second-order valence-electron chi connectivity index (χ2n) is 5.36. The molecule has 110 valence electrons. The minimum absolute atomic E-state index is 0.0825. The van der Waals surface area contributed by atoms with Crippen LogP contribution in [0, 0.1) is 0 Å². The summed E-state index contributed by atoms with van der Waals surface area (Å²) in [5.74, 6) is -0.0825. The van der Waals surface area contributed by atoms with E-state index in [9.17, 15) is 4.79 Å². The van der Waals surface area contributed by atoms with Gasteiger partial charge in [-0.1, -0.05) is 18.0 Å². The third kappa shape index (κ3) is 4.46. The molecule has 2 rings (SSSR count). The van der Waals surface area contributed by atoms with Gasteiger partial charge in [-0.3, -0.25) is 4.79 Å². The number of carbonyl (C=O) groups excluding carboxylic acids is 1. The maximum absolute atomic E-state index is 11.9. The molecule has 5 heteroatoms. The second kappa shape index (κ2) is 7.60. The molecule has 0 aliphatic carbocycles. The van der Waals surface area contributed by atoms with E-state index in [2.05, 4.69) is 22.1 Å². The van der Waals surface area contributed by atoms with E-state index in [4.69, 9.17) is 11.6 Å². The molecule has 0 saturated carbocycles. The molecule has 20 heavy (non-hydrogen) atoms. The van der Waals surface area contributed by atoms with E-state index in [1.54, 1.807) is 12.1 Å². The number of likely N-dealkylation sites (tertiary alicyclic amines) is 1. The summed E-state index contributed by atoms with van der Waals surface area (Å²) < 4.78 is 0. The lowest BCUT2D eigenvalue weighted by molar-refractivity contribution is 0.0948. The van der Waals surface area contributed by atoms with E-state index in [1.165, 1.54) is 32.0 Å². The predicted octanol–water partition coefficient (Wildman–Crippen LogP) is 2.73. The molecular formula is C15H22ClN3O. The van der Waals surface area contributed by atoms with Crippen LogP contribution in [-0.2, 0) is 0 Å². The van der Waals surface area contributed by atoms with Gasteiger partial charge in [0.05, 0.1) is 5.56 Å². The molecule has 2 heterocycles. The topological polar surface area (TPSA) is 45.2 Å². The van der Waals surface area contributed by atoms with Crippen LogP contribution in [0.4, 0.5) is 0 Å². The predicted molar refractivity (Wildman–Crippen MR) is 81.1 cm³/mol. The molecule has 0 spiro atoms. The van der Waals surface area contributed by atoms with Crippen LogP contribution < -0.4 is 5.32 Å². The molecule has 1 aliphatic heterocycles. The molecule has 1 fully saturated rings. The van der Waals surface area contributed by atoms with Crippen LogP contribution in [0.3, 0.4) is 0 Å². The summed E-state index contributed by atoms with van der Waals surface area (Å²) in [4.78, 5) is 18.3. The van der Waals surface area contributed by atoms with E-state index in [0.717, 1.165) is 13.0 Å². The van der Waals surface area contributed by atoms with Gasteiger partial charge in [-0.15, -0.1) is 0 Å². The van der Waals surface area contributed by atoms with Crippen molar-refractivity contribution in [3.05, 3.63) is 29.0 Å². The van der Waals surface area contributed by atoms with Crippen molar-refractivity contribution in [1.82, 2.24) is 15.2 Å². The Balaban J connectivity index is 1.67. The fourth-order valence-corrected chi connectivity index (χ4v) is 2.70. The van der Waals surface area contributed by atoms with Crippen LogP contribution in [0.15, 0.2) is 18.3 Å². The van der Waals surface area contributed by atoms with Crippen molar-refractivity contribution in [2.75, 3.05) is 19.6 Å². The lowest BCUT2D eigenvalue weighted by Gasteiger charge is -2.33. The zero-order valence-electron chi connectivity index (χ0n) is 11.9. The van der Waals surface area contributed by atoms with Gasteiger partial charge in [-0.05, 0) is 44.9 Å². The Morgan fingerprint density at radius 3 is 3.05 bits per heavy atom. The van der Waals surface area contributed by atoms with Crippen LogP contribution in [-0.4, -0.2) is 41.5 Å². The molecule has 1 amide bonds. The van der Waals surface area contributed by atoms with Crippen LogP contribution in [0.2, 0.25) is 5.15 Å². The first-order valence-electron chi connectivity index (χ1n) is 7.30. The summed E-state index contributed by atoms with van der Waals surface area (Å²) >= 11 is 5.69. The summed E-state index contributed by atoms with van der Waals surface area (Å²) in [5, 5.41) is 3.33. The molecule has 4 nitrogen and oxygen atoms in total. The van der Waals surface area contributed by atoms with Crippen LogP contribution in [0.25, 0.3) is 0 Å². The third-order valence-electron chi connectivity index (χ3n) is 3.84. The number of nitrogens with one attached hydrogen (secondary N) is 1. The average Bonchev–Trinajstić information content (AvgIpc) is 2.46. The maximum Gasteiger partial charge on any atom is 0.252 e. The van der Waals surface area contributed by atoms with Crippen molar-refractivity contribution in [3.8, 4) is 0 Å². The number of amides is 1. The summed E-state index contributed by atoms with van der Waals surface area (Å²) in [6, 6.07) is 4.00. The largest absolute Gasteiger partial charge is 0.352 e. The number of aromatic nitrogens is 1. The van der Waals surface area contributed by atoms with Gasteiger partial charge >= 0.3 is 0 Å². The van der Waals surface area contributed by atoms with E-state index in [0.29, 0.717) is 23.3 Å². The van der Waals surface area contributed by atoms with Gasteiger partial charge in [0, 0.05) is 25.3 Å². The molecule has 0 radical (unpaired) electrons. The quantitative estimate of drug-likeness (QED) is 0.671. The van der Waals surface area contributed by atoms with E-state index >= 15 is 0 Å². The molecule has 1 aromatic rings. The highest BCUT2D eigenvalue weighted by atomic mass is 35.5. The summed E-state index contributed by atoms with van der Waals surface area (Å²) in [6.07, 6.45) is 6.43. The fourth-order valence-electron chi connectivity index (χ4n) is 2.59. The first kappa shape index (κ1) is 15.3. The van der Waals surface area contributed by atoms with Crippen molar-refractivity contribution in [2.45, 2.75) is 38.6 Å². The summed E-state index contributed by atoms with van der Waals surface area (Å²) in [5.41, 5.74) is 0.556. The van der Waals surface area contributed by atoms with E-state index in [-0.39, 0.29) is 5.91 Å². The highest BCUT2D eigenvalue weighted by Gasteiger charge is 2.17. The lowest BCUT2D eigenvalue weighted by atomic mass is 10.0. The summed E-state index contributed by atoms with van der Waals surface area (Å²) in [7, 11) is 0. The van der Waals surface area contributed by atoms with E-state index < -0.39 is 0 Å². The molecule has 1 N–H and O–H groups in total. The monoisotopic (exact) mass is 295 g/mol. The van der Waals surface area contributed by atoms with Gasteiger partial charge in [-0.2, -0.15) is 0 Å². The van der Waals surface area contributed by atoms with Crippen molar-refractivity contribution < 1.29 is 4.79 Å². The van der Waals surface area contributed by atoms with Gasteiger partial charge in [-0.25, -0.2) is 4.98 Å². The molecular weight excluding hydrogens is 274 g/mol. The standard InChI is InChI=1S/C15H22ClN3O/c1-12-5-2-3-9-19(12)10-4-8-17-15(20)13-6-7-14(16)18-11-13/h6-7,11-12H,2-5,8-10H2,1H3,(H,17,20)/t12-/m1/s1. The number of nitrogens with zero attached hydrogens (tertiary/aromatic N) is 2. The normalized spacial score (nSPS) is 19.8. The number of hydrogen-bond donors (Lipinski definition) is 1. The third-order valence-corrected chi connectivity index (χ3v) is 4.06. The SMILES string of the molecule is C[C@@H]1CCCCN1CCCNC(=O)c1ccc(Cl)nc1. The zero-order valence-corrected chi connectivity index (χ0v) is 12.7. The minimum Gasteiger partial charge on any atom is -0.352 e. The number of carbonyl (C=O) groups is 1. The Bertz CT molecular complexity index is 435. The number of rotatable bonds is 5. The smallest absolute Gasteiger partial charge is 0.252 e. The van der Waals surface area contributed by atoms with Crippen LogP contribution in [0.1, 0.15) is 43.0 Å². The number of pyridine rings is 1. The van der Waals surface area contributed by atoms with Crippen molar-refractivity contribution >= 4 is 17.5 Å². The van der Waals surface area contributed by atoms with Gasteiger partial charge in [0.25, 0.3) is 5.91 Å².